The van der Waals surface area contributed by atoms with Crippen LogP contribution in [0.1, 0.15) is 30.7 Å². The lowest BCUT2D eigenvalue weighted by Gasteiger charge is -2.34. The van der Waals surface area contributed by atoms with Gasteiger partial charge in [0.05, 0.1) is 11.1 Å². The van der Waals surface area contributed by atoms with E-state index in [1.54, 1.807) is 0 Å². The lowest BCUT2D eigenvalue weighted by atomic mass is 9.77. The van der Waals surface area contributed by atoms with Gasteiger partial charge in [0.15, 0.2) is 5.82 Å². The number of ether oxygens (including phenoxy) is 1. The molecule has 3 aromatic rings. The Morgan fingerprint density at radius 3 is 2.64 bits per heavy atom. The number of nitrogens with two attached hydrogens (primary N) is 1. The molecule has 5 nitrogen and oxygen atoms in total. The first-order valence-corrected chi connectivity index (χ1v) is 8.62. The van der Waals surface area contributed by atoms with E-state index >= 15 is 0 Å². The Kier molecular flexibility index (Phi) is 4.19. The highest BCUT2D eigenvalue weighted by atomic mass is 35.5. The zero-order valence-electron chi connectivity index (χ0n) is 13.6. The van der Waals surface area contributed by atoms with Crippen molar-refractivity contribution in [3.63, 3.8) is 0 Å². The fraction of sp³-hybridized carbons (Fsp3) is 0.263. The highest BCUT2D eigenvalue weighted by Gasteiger charge is 2.39. The number of hydrogen-bond donors (Lipinski definition) is 1. The van der Waals surface area contributed by atoms with Crippen molar-refractivity contribution < 1.29 is 9.26 Å². The van der Waals surface area contributed by atoms with E-state index < -0.39 is 5.54 Å². The maximum absolute atomic E-state index is 6.27. The van der Waals surface area contributed by atoms with Crippen LogP contribution in [-0.4, -0.2) is 10.1 Å². The minimum absolute atomic E-state index is 0.360. The molecule has 1 aliphatic carbocycles. The van der Waals surface area contributed by atoms with E-state index in [1.807, 2.05) is 48.5 Å². The van der Waals surface area contributed by atoms with Gasteiger partial charge in [0.25, 0.3) is 5.89 Å². The predicted molar refractivity (Wildman–Crippen MR) is 95.2 cm³/mol. The number of aromatic nitrogens is 2. The highest BCUT2D eigenvalue weighted by Crippen LogP contribution is 2.38. The standard InChI is InChI=1S/C19H18ClN3O2/c20-15-8-3-1-6-13(15)12-24-16-9-4-2-7-14(16)17-22-18(23-25-17)19(21)10-5-11-19/h1-4,6-9H,5,10-12,21H2. The Morgan fingerprint density at radius 2 is 1.88 bits per heavy atom. The molecule has 0 spiro atoms. The monoisotopic (exact) mass is 355 g/mol. The molecule has 0 saturated heterocycles. The maximum atomic E-state index is 6.27. The summed E-state index contributed by atoms with van der Waals surface area (Å²) in [6.45, 7) is 0.360. The van der Waals surface area contributed by atoms with Gasteiger partial charge in [0.1, 0.15) is 12.4 Å². The number of nitrogens with zero attached hydrogens (tertiary/aromatic N) is 2. The Bertz CT molecular complexity index is 890. The van der Waals surface area contributed by atoms with Crippen molar-refractivity contribution in [2.45, 2.75) is 31.4 Å². The minimum atomic E-state index is -0.449. The third kappa shape index (κ3) is 3.13. The van der Waals surface area contributed by atoms with Crippen molar-refractivity contribution in [3.8, 4) is 17.2 Å². The van der Waals surface area contributed by atoms with Crippen LogP contribution in [0.5, 0.6) is 5.75 Å². The molecule has 0 aliphatic heterocycles. The molecule has 0 radical (unpaired) electrons. The number of halogens is 1. The summed E-state index contributed by atoms with van der Waals surface area (Å²) in [5.74, 6) is 1.65. The number of hydrogen-bond acceptors (Lipinski definition) is 5. The van der Waals surface area contributed by atoms with Gasteiger partial charge in [-0.3, -0.25) is 0 Å². The zero-order valence-corrected chi connectivity index (χ0v) is 14.4. The van der Waals surface area contributed by atoms with Gasteiger partial charge in [-0.25, -0.2) is 0 Å². The normalized spacial score (nSPS) is 15.6. The molecule has 2 N–H and O–H groups in total. The van der Waals surface area contributed by atoms with Gasteiger partial charge in [-0.05, 0) is 37.5 Å². The van der Waals surface area contributed by atoms with Gasteiger partial charge in [0, 0.05) is 10.6 Å². The summed E-state index contributed by atoms with van der Waals surface area (Å²) in [5, 5.41) is 4.75. The van der Waals surface area contributed by atoms with Crippen molar-refractivity contribution in [2.24, 2.45) is 5.73 Å². The summed E-state index contributed by atoms with van der Waals surface area (Å²) in [5.41, 5.74) is 7.49. The molecule has 1 fully saturated rings. The Morgan fingerprint density at radius 1 is 1.12 bits per heavy atom. The average Bonchev–Trinajstić information content (AvgIpc) is 3.09. The number of benzene rings is 2. The first kappa shape index (κ1) is 16.1. The van der Waals surface area contributed by atoms with Gasteiger partial charge in [0.2, 0.25) is 0 Å². The predicted octanol–water partition coefficient (Wildman–Crippen LogP) is 4.31. The Labute approximate surface area is 150 Å². The van der Waals surface area contributed by atoms with Crippen molar-refractivity contribution in [1.82, 2.24) is 10.1 Å². The summed E-state index contributed by atoms with van der Waals surface area (Å²) >= 11 is 6.19. The molecule has 0 amide bonds. The smallest absolute Gasteiger partial charge is 0.261 e. The van der Waals surface area contributed by atoms with Crippen molar-refractivity contribution in [2.75, 3.05) is 0 Å². The Hall–Kier alpha value is -2.37. The average molecular weight is 356 g/mol. The summed E-state index contributed by atoms with van der Waals surface area (Å²) in [7, 11) is 0. The van der Waals surface area contributed by atoms with Gasteiger partial charge in [-0.2, -0.15) is 4.98 Å². The molecule has 1 heterocycles. The molecule has 4 rings (SSSR count). The van der Waals surface area contributed by atoms with Crippen LogP contribution in [0.15, 0.2) is 53.1 Å². The van der Waals surface area contributed by atoms with E-state index in [-0.39, 0.29) is 0 Å². The van der Waals surface area contributed by atoms with Crippen molar-refractivity contribution in [1.29, 1.82) is 0 Å². The van der Waals surface area contributed by atoms with Crippen LogP contribution in [0.4, 0.5) is 0 Å². The first-order valence-electron chi connectivity index (χ1n) is 8.24. The molecular formula is C19H18ClN3O2. The van der Waals surface area contributed by atoms with Crippen LogP contribution in [-0.2, 0) is 12.1 Å². The molecule has 128 valence electrons. The maximum Gasteiger partial charge on any atom is 0.261 e. The van der Waals surface area contributed by atoms with Crippen LogP contribution in [0.25, 0.3) is 11.5 Å². The quantitative estimate of drug-likeness (QED) is 0.738. The molecule has 25 heavy (non-hydrogen) atoms. The first-order chi connectivity index (χ1) is 12.2. The lowest BCUT2D eigenvalue weighted by Crippen LogP contribution is -2.44. The van der Waals surface area contributed by atoms with Gasteiger partial charge in [-0.1, -0.05) is 47.1 Å². The molecule has 1 saturated carbocycles. The van der Waals surface area contributed by atoms with Crippen LogP contribution in [0.3, 0.4) is 0 Å². The second kappa shape index (κ2) is 6.50. The topological polar surface area (TPSA) is 74.2 Å². The van der Waals surface area contributed by atoms with E-state index in [2.05, 4.69) is 10.1 Å². The number of rotatable bonds is 5. The molecule has 0 bridgehead atoms. The second-order valence-electron chi connectivity index (χ2n) is 6.31. The molecular weight excluding hydrogens is 338 g/mol. The van der Waals surface area contributed by atoms with E-state index in [0.29, 0.717) is 29.1 Å². The van der Waals surface area contributed by atoms with E-state index in [9.17, 15) is 0 Å². The molecule has 2 aromatic carbocycles. The van der Waals surface area contributed by atoms with E-state index in [1.165, 1.54) is 0 Å². The summed E-state index contributed by atoms with van der Waals surface area (Å²) in [4.78, 5) is 4.50. The lowest BCUT2D eigenvalue weighted by molar-refractivity contribution is 0.229. The number of para-hydroxylation sites is 1. The van der Waals surface area contributed by atoms with Crippen LogP contribution < -0.4 is 10.5 Å². The largest absolute Gasteiger partial charge is 0.488 e. The van der Waals surface area contributed by atoms with E-state index in [0.717, 1.165) is 30.4 Å². The highest BCUT2D eigenvalue weighted by molar-refractivity contribution is 6.31. The summed E-state index contributed by atoms with van der Waals surface area (Å²) in [6.07, 6.45) is 2.87. The zero-order chi connectivity index (χ0) is 17.3. The molecule has 1 aromatic heterocycles. The minimum Gasteiger partial charge on any atom is -0.488 e. The van der Waals surface area contributed by atoms with Crippen molar-refractivity contribution >= 4 is 11.6 Å². The van der Waals surface area contributed by atoms with Crippen LogP contribution in [0, 0.1) is 0 Å². The SMILES string of the molecule is NC1(c2noc(-c3ccccc3OCc3ccccc3Cl)n2)CCC1. The fourth-order valence-corrected chi connectivity index (χ4v) is 3.05. The molecule has 0 atom stereocenters. The van der Waals surface area contributed by atoms with E-state index in [4.69, 9.17) is 26.6 Å². The third-order valence-corrected chi connectivity index (χ3v) is 4.94. The fourth-order valence-electron chi connectivity index (χ4n) is 2.86. The van der Waals surface area contributed by atoms with Crippen LogP contribution >= 0.6 is 11.6 Å². The van der Waals surface area contributed by atoms with Crippen LogP contribution in [0.2, 0.25) is 5.02 Å². The molecule has 0 unspecified atom stereocenters. The van der Waals surface area contributed by atoms with Gasteiger partial charge < -0.3 is 15.0 Å². The second-order valence-corrected chi connectivity index (χ2v) is 6.72. The van der Waals surface area contributed by atoms with Crippen molar-refractivity contribution in [3.05, 3.63) is 64.9 Å². The van der Waals surface area contributed by atoms with Gasteiger partial charge >= 0.3 is 0 Å². The Balaban J connectivity index is 1.58. The summed E-state index contributed by atoms with van der Waals surface area (Å²) in [6, 6.07) is 15.2. The third-order valence-electron chi connectivity index (χ3n) is 4.58. The molecule has 6 heteroatoms. The molecule has 1 aliphatic rings. The van der Waals surface area contributed by atoms with Gasteiger partial charge in [-0.15, -0.1) is 0 Å². The summed E-state index contributed by atoms with van der Waals surface area (Å²) < 4.78 is 11.4.